The normalized spacial score (nSPS) is 10.2. The maximum absolute atomic E-state index is 6.33. The Morgan fingerprint density at radius 1 is 0.815 bits per heavy atom. The number of ether oxygens (including phenoxy) is 2. The van der Waals surface area contributed by atoms with E-state index in [1.807, 2.05) is 54.6 Å². The van der Waals surface area contributed by atoms with Crippen molar-refractivity contribution in [3.63, 3.8) is 0 Å². The van der Waals surface area contributed by atoms with Gasteiger partial charge in [-0.05, 0) is 41.5 Å². The number of nitrogens with two attached hydrogens (primary N) is 1. The van der Waals surface area contributed by atoms with Crippen LogP contribution in [0.5, 0.6) is 11.5 Å². The van der Waals surface area contributed by atoms with Gasteiger partial charge in [0.15, 0.2) is 11.5 Å². The number of halogens is 3. The second kappa shape index (κ2) is 10.4. The van der Waals surface area contributed by atoms with E-state index >= 15 is 0 Å². The van der Waals surface area contributed by atoms with Crippen LogP contribution in [-0.4, -0.2) is 13.2 Å². The minimum Gasteiger partial charge on any atom is -0.488 e. The van der Waals surface area contributed by atoms with E-state index in [-0.39, 0.29) is 12.4 Å². The van der Waals surface area contributed by atoms with Crippen LogP contribution >= 0.6 is 35.6 Å². The predicted octanol–water partition coefficient (Wildman–Crippen LogP) is 6.00. The standard InChI is InChI=1S/C21H19Cl2NO2.ClH/c22-17-7-8-19(23)18(13-17)16-6-9-20(25-11-10-24)21(12-16)26-14-15-4-2-1-3-5-15;/h1-9,12-13H,10-11,14,24H2;1H. The third kappa shape index (κ3) is 5.78. The van der Waals surface area contributed by atoms with Gasteiger partial charge < -0.3 is 15.2 Å². The van der Waals surface area contributed by atoms with Crippen LogP contribution in [0.25, 0.3) is 11.1 Å². The van der Waals surface area contributed by atoms with Gasteiger partial charge >= 0.3 is 0 Å². The van der Waals surface area contributed by atoms with Gasteiger partial charge in [0.25, 0.3) is 0 Å². The van der Waals surface area contributed by atoms with Crippen molar-refractivity contribution in [3.8, 4) is 22.6 Å². The molecule has 0 aliphatic carbocycles. The fraction of sp³-hybridized carbons (Fsp3) is 0.143. The van der Waals surface area contributed by atoms with Crippen LogP contribution in [-0.2, 0) is 6.61 Å². The molecule has 0 radical (unpaired) electrons. The third-order valence-corrected chi connectivity index (χ3v) is 4.36. The molecule has 0 unspecified atom stereocenters. The molecule has 0 amide bonds. The van der Waals surface area contributed by atoms with Gasteiger partial charge in [-0.25, -0.2) is 0 Å². The number of benzene rings is 3. The van der Waals surface area contributed by atoms with Crippen molar-refractivity contribution in [2.75, 3.05) is 13.2 Å². The van der Waals surface area contributed by atoms with Gasteiger partial charge in [0.2, 0.25) is 0 Å². The first kappa shape index (κ1) is 21.4. The van der Waals surface area contributed by atoms with Crippen LogP contribution < -0.4 is 15.2 Å². The molecule has 0 saturated heterocycles. The monoisotopic (exact) mass is 423 g/mol. The molecule has 0 fully saturated rings. The number of rotatable bonds is 7. The van der Waals surface area contributed by atoms with Crippen LogP contribution in [0.1, 0.15) is 5.56 Å². The van der Waals surface area contributed by atoms with Gasteiger partial charge in [0.1, 0.15) is 13.2 Å². The van der Waals surface area contributed by atoms with Gasteiger partial charge in [-0.2, -0.15) is 0 Å². The SMILES string of the molecule is Cl.NCCOc1ccc(-c2cc(Cl)ccc2Cl)cc1OCc1ccccc1. The molecule has 142 valence electrons. The van der Waals surface area contributed by atoms with Crippen LogP contribution in [0.15, 0.2) is 66.7 Å². The highest BCUT2D eigenvalue weighted by Gasteiger charge is 2.11. The van der Waals surface area contributed by atoms with Crippen molar-refractivity contribution in [1.82, 2.24) is 0 Å². The first-order chi connectivity index (χ1) is 12.7. The number of hydrogen-bond acceptors (Lipinski definition) is 3. The molecule has 3 aromatic carbocycles. The third-order valence-electron chi connectivity index (χ3n) is 3.80. The summed E-state index contributed by atoms with van der Waals surface area (Å²) >= 11 is 12.5. The largest absolute Gasteiger partial charge is 0.488 e. The second-order valence-corrected chi connectivity index (χ2v) is 6.54. The molecule has 0 aliphatic rings. The van der Waals surface area contributed by atoms with Crippen molar-refractivity contribution in [2.45, 2.75) is 6.61 Å². The summed E-state index contributed by atoms with van der Waals surface area (Å²) in [5, 5.41) is 1.25. The zero-order valence-corrected chi connectivity index (χ0v) is 16.9. The minimum absolute atomic E-state index is 0. The molecular weight excluding hydrogens is 405 g/mol. The van der Waals surface area contributed by atoms with E-state index < -0.39 is 0 Å². The van der Waals surface area contributed by atoms with Crippen molar-refractivity contribution in [2.24, 2.45) is 5.73 Å². The molecule has 0 bridgehead atoms. The summed E-state index contributed by atoms with van der Waals surface area (Å²) in [5.41, 5.74) is 8.37. The summed E-state index contributed by atoms with van der Waals surface area (Å²) in [6.45, 7) is 1.28. The molecule has 0 atom stereocenters. The molecule has 0 aliphatic heterocycles. The van der Waals surface area contributed by atoms with E-state index in [9.17, 15) is 0 Å². The Morgan fingerprint density at radius 3 is 2.33 bits per heavy atom. The molecule has 3 rings (SSSR count). The Kier molecular flexibility index (Phi) is 8.26. The van der Waals surface area contributed by atoms with E-state index in [2.05, 4.69) is 0 Å². The average Bonchev–Trinajstić information content (AvgIpc) is 2.67. The lowest BCUT2D eigenvalue weighted by molar-refractivity contribution is 0.266. The lowest BCUT2D eigenvalue weighted by Crippen LogP contribution is -2.11. The van der Waals surface area contributed by atoms with Crippen LogP contribution in [0.3, 0.4) is 0 Å². The predicted molar refractivity (Wildman–Crippen MR) is 114 cm³/mol. The van der Waals surface area contributed by atoms with Crippen molar-refractivity contribution < 1.29 is 9.47 Å². The summed E-state index contributed by atoms with van der Waals surface area (Å²) in [5.74, 6) is 1.28. The molecule has 0 heterocycles. The molecule has 2 N–H and O–H groups in total. The topological polar surface area (TPSA) is 44.5 Å². The van der Waals surface area contributed by atoms with Crippen molar-refractivity contribution >= 4 is 35.6 Å². The zero-order chi connectivity index (χ0) is 18.4. The van der Waals surface area contributed by atoms with E-state index in [0.29, 0.717) is 41.3 Å². The summed E-state index contributed by atoms with van der Waals surface area (Å²) in [6, 6.07) is 21.0. The van der Waals surface area contributed by atoms with Crippen LogP contribution in [0.2, 0.25) is 10.0 Å². The molecule has 3 nitrogen and oxygen atoms in total. The fourth-order valence-electron chi connectivity index (χ4n) is 2.53. The quantitative estimate of drug-likeness (QED) is 0.506. The molecule has 0 spiro atoms. The average molecular weight is 425 g/mol. The van der Waals surface area contributed by atoms with E-state index in [1.165, 1.54) is 0 Å². The fourth-order valence-corrected chi connectivity index (χ4v) is 2.93. The highest BCUT2D eigenvalue weighted by atomic mass is 35.5. The summed E-state index contributed by atoms with van der Waals surface area (Å²) in [7, 11) is 0. The van der Waals surface area contributed by atoms with E-state index in [1.54, 1.807) is 12.1 Å². The van der Waals surface area contributed by atoms with Crippen molar-refractivity contribution in [1.29, 1.82) is 0 Å². The maximum atomic E-state index is 6.33. The second-order valence-electron chi connectivity index (χ2n) is 5.70. The lowest BCUT2D eigenvalue weighted by atomic mass is 10.0. The zero-order valence-electron chi connectivity index (χ0n) is 14.5. The van der Waals surface area contributed by atoms with Crippen LogP contribution in [0, 0.1) is 0 Å². The minimum atomic E-state index is 0. The highest BCUT2D eigenvalue weighted by Crippen LogP contribution is 2.37. The van der Waals surface area contributed by atoms with E-state index in [4.69, 9.17) is 38.4 Å². The molecular formula is C21H20Cl3NO2. The number of hydrogen-bond donors (Lipinski definition) is 1. The lowest BCUT2D eigenvalue weighted by Gasteiger charge is -2.15. The smallest absolute Gasteiger partial charge is 0.162 e. The molecule has 6 heteroatoms. The van der Waals surface area contributed by atoms with Gasteiger partial charge in [-0.15, -0.1) is 12.4 Å². The first-order valence-electron chi connectivity index (χ1n) is 8.26. The van der Waals surface area contributed by atoms with Gasteiger partial charge in [0.05, 0.1) is 0 Å². The summed E-state index contributed by atoms with van der Waals surface area (Å²) < 4.78 is 11.7. The van der Waals surface area contributed by atoms with Gasteiger partial charge in [-0.1, -0.05) is 59.6 Å². The Bertz CT molecular complexity index is 873. The maximum Gasteiger partial charge on any atom is 0.162 e. The van der Waals surface area contributed by atoms with Gasteiger partial charge in [-0.3, -0.25) is 0 Å². The molecule has 27 heavy (non-hydrogen) atoms. The molecule has 0 aromatic heterocycles. The molecule has 0 saturated carbocycles. The first-order valence-corrected chi connectivity index (χ1v) is 9.02. The van der Waals surface area contributed by atoms with E-state index in [0.717, 1.165) is 16.7 Å². The Morgan fingerprint density at radius 2 is 1.59 bits per heavy atom. The Balaban J connectivity index is 0.00000261. The van der Waals surface area contributed by atoms with Crippen LogP contribution in [0.4, 0.5) is 0 Å². The Labute approximate surface area is 175 Å². The molecule has 3 aromatic rings. The summed E-state index contributed by atoms with van der Waals surface area (Å²) in [6.07, 6.45) is 0. The van der Waals surface area contributed by atoms with Gasteiger partial charge in [0, 0.05) is 22.2 Å². The Hall–Kier alpha value is -1.91. The summed E-state index contributed by atoms with van der Waals surface area (Å²) in [4.78, 5) is 0. The highest BCUT2D eigenvalue weighted by molar-refractivity contribution is 6.35. The van der Waals surface area contributed by atoms with Crippen molar-refractivity contribution in [3.05, 3.63) is 82.3 Å².